The van der Waals surface area contributed by atoms with E-state index in [1.165, 1.54) is 44.9 Å². The first-order valence-electron chi connectivity index (χ1n) is 9.59. The van der Waals surface area contributed by atoms with Crippen LogP contribution in [0.15, 0.2) is 0 Å². The lowest BCUT2D eigenvalue weighted by Crippen LogP contribution is -2.45. The van der Waals surface area contributed by atoms with Gasteiger partial charge >= 0.3 is 8.56 Å². The van der Waals surface area contributed by atoms with Gasteiger partial charge in [-0.3, -0.25) is 0 Å². The molecule has 0 fully saturated rings. The highest BCUT2D eigenvalue weighted by atomic mass is 28.4. The van der Waals surface area contributed by atoms with Crippen molar-refractivity contribution in [1.29, 1.82) is 0 Å². The van der Waals surface area contributed by atoms with Crippen LogP contribution in [0, 0.1) is 5.92 Å². The van der Waals surface area contributed by atoms with Crippen LogP contribution in [0.2, 0.25) is 13.1 Å². The Morgan fingerprint density at radius 1 is 0.955 bits per heavy atom. The topological polar surface area (TPSA) is 18.5 Å². The zero-order chi connectivity index (χ0) is 17.1. The first-order chi connectivity index (χ1) is 10.2. The molecule has 0 aromatic rings. The Bertz CT molecular complexity index is 266. The van der Waals surface area contributed by atoms with E-state index in [9.17, 15) is 0 Å². The summed E-state index contributed by atoms with van der Waals surface area (Å²) in [7, 11) is -2.01. The van der Waals surface area contributed by atoms with Crippen LogP contribution >= 0.6 is 0 Å². The molecule has 0 N–H and O–H groups in total. The molecule has 0 amide bonds. The second kappa shape index (κ2) is 11.6. The second-order valence-corrected chi connectivity index (χ2v) is 11.1. The molecule has 2 nitrogen and oxygen atoms in total. The Morgan fingerprint density at radius 3 is 2.14 bits per heavy atom. The lowest BCUT2D eigenvalue weighted by atomic mass is 9.94. The minimum absolute atomic E-state index is 0.00712. The molecule has 0 saturated carbocycles. The van der Waals surface area contributed by atoms with Crippen molar-refractivity contribution >= 4 is 8.56 Å². The van der Waals surface area contributed by atoms with Gasteiger partial charge in [-0.15, -0.1) is 0 Å². The first kappa shape index (κ1) is 22.1. The van der Waals surface area contributed by atoms with E-state index < -0.39 is 8.56 Å². The van der Waals surface area contributed by atoms with Gasteiger partial charge in [0.1, 0.15) is 0 Å². The van der Waals surface area contributed by atoms with Crippen LogP contribution in [-0.4, -0.2) is 20.8 Å². The van der Waals surface area contributed by atoms with Gasteiger partial charge in [0.15, 0.2) is 0 Å². The molecule has 0 aliphatic heterocycles. The molecule has 22 heavy (non-hydrogen) atoms. The maximum Gasteiger partial charge on any atom is 0.332 e. The SMILES string of the molecule is CCCCCCCO[Si](C)(C)OC(C)(CC)CCCC(C)C. The predicted octanol–water partition coefficient (Wildman–Crippen LogP) is 6.69. The minimum atomic E-state index is -2.01. The fraction of sp³-hybridized carbons (Fsp3) is 1.00. The molecule has 0 aromatic carbocycles. The summed E-state index contributed by atoms with van der Waals surface area (Å²) in [6, 6.07) is 0. The summed E-state index contributed by atoms with van der Waals surface area (Å²) in [6.45, 7) is 16.6. The minimum Gasteiger partial charge on any atom is -0.394 e. The molecule has 3 heteroatoms. The molecule has 0 rings (SSSR count). The third kappa shape index (κ3) is 11.7. The standard InChI is InChI=1S/C19H42O2Si/c1-8-10-11-12-13-17-20-22(6,7)21-19(5,9-2)16-14-15-18(3)4/h18H,8-17H2,1-7H3. The molecule has 0 aliphatic rings. The van der Waals surface area contributed by atoms with E-state index in [1.54, 1.807) is 0 Å². The van der Waals surface area contributed by atoms with Crippen LogP contribution in [-0.2, 0) is 8.85 Å². The van der Waals surface area contributed by atoms with Crippen molar-refractivity contribution in [2.45, 2.75) is 111 Å². The third-order valence-electron chi connectivity index (χ3n) is 4.42. The van der Waals surface area contributed by atoms with E-state index in [0.717, 1.165) is 25.4 Å². The van der Waals surface area contributed by atoms with Gasteiger partial charge in [0.25, 0.3) is 0 Å². The molecule has 0 heterocycles. The van der Waals surface area contributed by atoms with Crippen molar-refractivity contribution in [3.8, 4) is 0 Å². The highest BCUT2D eigenvalue weighted by molar-refractivity contribution is 6.64. The van der Waals surface area contributed by atoms with Gasteiger partial charge in [0.2, 0.25) is 0 Å². The lowest BCUT2D eigenvalue weighted by molar-refractivity contribution is 0.0257. The highest BCUT2D eigenvalue weighted by Gasteiger charge is 2.34. The number of hydrogen-bond acceptors (Lipinski definition) is 2. The Balaban J connectivity index is 4.10. The Labute approximate surface area is 141 Å². The third-order valence-corrected chi connectivity index (χ3v) is 6.31. The van der Waals surface area contributed by atoms with Gasteiger partial charge in [0.05, 0.1) is 5.60 Å². The van der Waals surface area contributed by atoms with Gasteiger partial charge in [-0.2, -0.15) is 0 Å². The number of hydrogen-bond donors (Lipinski definition) is 0. The molecular weight excluding hydrogens is 288 g/mol. The van der Waals surface area contributed by atoms with Gasteiger partial charge in [-0.25, -0.2) is 0 Å². The molecule has 0 spiro atoms. The van der Waals surface area contributed by atoms with E-state index >= 15 is 0 Å². The van der Waals surface area contributed by atoms with Crippen molar-refractivity contribution in [3.63, 3.8) is 0 Å². The van der Waals surface area contributed by atoms with Crippen LogP contribution < -0.4 is 0 Å². The van der Waals surface area contributed by atoms with Crippen molar-refractivity contribution in [3.05, 3.63) is 0 Å². The molecule has 0 bridgehead atoms. The highest BCUT2D eigenvalue weighted by Crippen LogP contribution is 2.28. The second-order valence-electron chi connectivity index (χ2n) is 7.85. The summed E-state index contributed by atoms with van der Waals surface area (Å²) >= 11 is 0. The molecule has 1 unspecified atom stereocenters. The summed E-state index contributed by atoms with van der Waals surface area (Å²) in [5, 5.41) is 0. The summed E-state index contributed by atoms with van der Waals surface area (Å²) in [5.74, 6) is 0.783. The van der Waals surface area contributed by atoms with Crippen LogP contribution in [0.1, 0.15) is 92.4 Å². The number of rotatable bonds is 14. The van der Waals surface area contributed by atoms with Crippen molar-refractivity contribution in [1.82, 2.24) is 0 Å². The Hall–Kier alpha value is 0.137. The fourth-order valence-corrected chi connectivity index (χ4v) is 4.96. The van der Waals surface area contributed by atoms with E-state index in [2.05, 4.69) is 47.7 Å². The van der Waals surface area contributed by atoms with Gasteiger partial charge in [-0.05, 0) is 45.2 Å². The summed E-state index contributed by atoms with van der Waals surface area (Å²) < 4.78 is 12.7. The number of unbranched alkanes of at least 4 members (excludes halogenated alkanes) is 4. The van der Waals surface area contributed by atoms with Gasteiger partial charge < -0.3 is 8.85 Å². The van der Waals surface area contributed by atoms with E-state index in [0.29, 0.717) is 0 Å². The summed E-state index contributed by atoms with van der Waals surface area (Å²) in [5.41, 5.74) is -0.00712. The maximum atomic E-state index is 6.50. The molecule has 0 aromatic heterocycles. The average molecular weight is 331 g/mol. The normalized spacial score (nSPS) is 15.3. The fourth-order valence-electron chi connectivity index (χ4n) is 2.83. The largest absolute Gasteiger partial charge is 0.394 e. The molecule has 134 valence electrons. The van der Waals surface area contributed by atoms with Crippen LogP contribution in [0.4, 0.5) is 0 Å². The lowest BCUT2D eigenvalue weighted by Gasteiger charge is -2.37. The average Bonchev–Trinajstić information content (AvgIpc) is 2.41. The van der Waals surface area contributed by atoms with Crippen LogP contribution in [0.5, 0.6) is 0 Å². The van der Waals surface area contributed by atoms with Crippen molar-refractivity contribution in [2.75, 3.05) is 6.61 Å². The van der Waals surface area contributed by atoms with Crippen LogP contribution in [0.3, 0.4) is 0 Å². The molecule has 0 saturated heterocycles. The molecule has 0 radical (unpaired) electrons. The van der Waals surface area contributed by atoms with Gasteiger partial charge in [0, 0.05) is 6.61 Å². The van der Waals surface area contributed by atoms with Crippen LogP contribution in [0.25, 0.3) is 0 Å². The van der Waals surface area contributed by atoms with Gasteiger partial charge in [-0.1, -0.05) is 66.2 Å². The molecule has 1 atom stereocenters. The monoisotopic (exact) mass is 330 g/mol. The zero-order valence-electron chi connectivity index (χ0n) is 16.5. The Morgan fingerprint density at radius 2 is 1.59 bits per heavy atom. The van der Waals surface area contributed by atoms with E-state index in [4.69, 9.17) is 8.85 Å². The zero-order valence-corrected chi connectivity index (χ0v) is 17.5. The van der Waals surface area contributed by atoms with E-state index in [1.807, 2.05) is 0 Å². The Kier molecular flexibility index (Phi) is 11.7. The summed E-state index contributed by atoms with van der Waals surface area (Å²) in [6.07, 6.45) is 11.2. The maximum absolute atomic E-state index is 6.50. The predicted molar refractivity (Wildman–Crippen MR) is 101 cm³/mol. The quantitative estimate of drug-likeness (QED) is 0.261. The van der Waals surface area contributed by atoms with Crippen molar-refractivity contribution in [2.24, 2.45) is 5.92 Å². The van der Waals surface area contributed by atoms with Crippen molar-refractivity contribution < 1.29 is 8.85 Å². The molecule has 0 aliphatic carbocycles. The van der Waals surface area contributed by atoms with E-state index in [-0.39, 0.29) is 5.60 Å². The molecular formula is C19H42O2Si. The first-order valence-corrected chi connectivity index (χ1v) is 12.4. The summed E-state index contributed by atoms with van der Waals surface area (Å²) in [4.78, 5) is 0. The smallest absolute Gasteiger partial charge is 0.332 e.